The monoisotopic (exact) mass is 480 g/mol. The number of aromatic nitrogens is 2. The van der Waals surface area contributed by atoms with Crippen LogP contribution in [0, 0.1) is 30.9 Å². The van der Waals surface area contributed by atoms with Gasteiger partial charge in [0.05, 0.1) is 35.5 Å². The van der Waals surface area contributed by atoms with Crippen LogP contribution >= 0.6 is 12.4 Å². The molecule has 1 N–H and O–H groups in total. The summed E-state index contributed by atoms with van der Waals surface area (Å²) in [4.78, 5) is 10.3. The summed E-state index contributed by atoms with van der Waals surface area (Å²) in [5.74, 6) is 0. The average molecular weight is 481 g/mol. The first-order valence-electron chi connectivity index (χ1n) is 9.61. The standard InChI is InChI=1S/C21H24N4O5S.ClH/c1-15-8-10-18(11-9-15)24(14-19(26)13-23-17(3)12-16(2)22-23)31(29,30)21-7-5-4-6-20(21)25(27)28;/h4-12,19,26H,13-14H2,1-3H3;1H. The fourth-order valence-electron chi connectivity index (χ4n) is 3.31. The molecule has 0 aliphatic carbocycles. The van der Waals surface area contributed by atoms with Crippen LogP contribution in [0.5, 0.6) is 0 Å². The molecule has 1 unspecified atom stereocenters. The highest BCUT2D eigenvalue weighted by Gasteiger charge is 2.33. The number of para-hydroxylation sites is 1. The summed E-state index contributed by atoms with van der Waals surface area (Å²) in [6.07, 6.45) is -1.10. The molecule has 0 aliphatic heterocycles. The topological polar surface area (TPSA) is 119 Å². The van der Waals surface area contributed by atoms with Crippen LogP contribution < -0.4 is 4.31 Å². The second-order valence-corrected chi connectivity index (χ2v) is 9.19. The smallest absolute Gasteiger partial charge is 0.289 e. The third kappa shape index (κ3) is 5.45. The molecule has 9 nitrogen and oxygen atoms in total. The van der Waals surface area contributed by atoms with Crippen LogP contribution in [0.15, 0.2) is 59.5 Å². The second kappa shape index (κ2) is 10.1. The molecule has 32 heavy (non-hydrogen) atoms. The Hall–Kier alpha value is -2.95. The number of nitrogens with zero attached hydrogens (tertiary/aromatic N) is 4. The third-order valence-electron chi connectivity index (χ3n) is 4.82. The summed E-state index contributed by atoms with van der Waals surface area (Å²) in [7, 11) is -4.33. The van der Waals surface area contributed by atoms with Crippen molar-refractivity contribution in [3.8, 4) is 0 Å². The minimum Gasteiger partial charge on any atom is -0.389 e. The van der Waals surface area contributed by atoms with Crippen molar-refractivity contribution in [2.75, 3.05) is 10.8 Å². The molecule has 2 aromatic carbocycles. The normalized spacial score (nSPS) is 12.1. The molecule has 0 fully saturated rings. The van der Waals surface area contributed by atoms with E-state index in [0.29, 0.717) is 5.69 Å². The van der Waals surface area contributed by atoms with E-state index in [0.717, 1.165) is 27.3 Å². The van der Waals surface area contributed by atoms with Crippen molar-refractivity contribution in [1.82, 2.24) is 9.78 Å². The Labute approximate surface area is 192 Å². The van der Waals surface area contributed by atoms with Gasteiger partial charge in [-0.2, -0.15) is 5.10 Å². The average Bonchev–Trinajstić information content (AvgIpc) is 3.03. The summed E-state index contributed by atoms with van der Waals surface area (Å²) < 4.78 is 29.6. The third-order valence-corrected chi connectivity index (χ3v) is 6.66. The van der Waals surface area contributed by atoms with Gasteiger partial charge in [-0.15, -0.1) is 12.4 Å². The van der Waals surface area contributed by atoms with Gasteiger partial charge in [-0.25, -0.2) is 8.42 Å². The van der Waals surface area contributed by atoms with Crippen molar-refractivity contribution in [3.63, 3.8) is 0 Å². The number of aliphatic hydroxyl groups excluding tert-OH is 1. The van der Waals surface area contributed by atoms with Crippen LogP contribution in [0.4, 0.5) is 11.4 Å². The van der Waals surface area contributed by atoms with E-state index < -0.39 is 31.6 Å². The number of halogens is 1. The summed E-state index contributed by atoms with van der Waals surface area (Å²) >= 11 is 0. The molecule has 0 saturated heterocycles. The number of sulfonamides is 1. The number of nitro benzene ring substituents is 1. The molecule has 172 valence electrons. The molecule has 0 amide bonds. The molecule has 3 aromatic rings. The summed E-state index contributed by atoms with van der Waals surface area (Å²) in [6.45, 7) is 5.31. The Morgan fingerprint density at radius 1 is 1.12 bits per heavy atom. The van der Waals surface area contributed by atoms with E-state index >= 15 is 0 Å². The van der Waals surface area contributed by atoms with Gasteiger partial charge in [0.2, 0.25) is 0 Å². The molecular weight excluding hydrogens is 456 g/mol. The Balaban J connectivity index is 0.00000363. The molecule has 3 rings (SSSR count). The maximum absolute atomic E-state index is 13.5. The number of nitro groups is 1. The van der Waals surface area contributed by atoms with E-state index in [2.05, 4.69) is 5.10 Å². The fraction of sp³-hybridized carbons (Fsp3) is 0.286. The Kier molecular flexibility index (Phi) is 8.00. The highest BCUT2D eigenvalue weighted by atomic mass is 35.5. The van der Waals surface area contributed by atoms with Gasteiger partial charge in [0.25, 0.3) is 15.7 Å². The number of anilines is 1. The molecule has 1 aromatic heterocycles. The van der Waals surface area contributed by atoms with E-state index in [1.54, 1.807) is 28.9 Å². The largest absolute Gasteiger partial charge is 0.389 e. The SMILES string of the molecule is Cc1ccc(N(CC(O)Cn2nc(C)cc2C)S(=O)(=O)c2ccccc2[N+](=O)[O-])cc1.Cl. The Morgan fingerprint density at radius 3 is 2.31 bits per heavy atom. The zero-order valence-corrected chi connectivity index (χ0v) is 19.5. The van der Waals surface area contributed by atoms with E-state index in [4.69, 9.17) is 0 Å². The number of aliphatic hydroxyl groups is 1. The molecule has 0 spiro atoms. The van der Waals surface area contributed by atoms with Crippen LogP contribution in [0.25, 0.3) is 0 Å². The predicted octanol–water partition coefficient (Wildman–Crippen LogP) is 3.39. The van der Waals surface area contributed by atoms with Gasteiger partial charge in [0.1, 0.15) is 0 Å². The highest BCUT2D eigenvalue weighted by molar-refractivity contribution is 7.93. The van der Waals surface area contributed by atoms with Crippen molar-refractivity contribution in [3.05, 3.63) is 81.7 Å². The number of rotatable bonds is 8. The van der Waals surface area contributed by atoms with Crippen molar-refractivity contribution in [1.29, 1.82) is 0 Å². The van der Waals surface area contributed by atoms with Gasteiger partial charge in [0, 0.05) is 11.8 Å². The van der Waals surface area contributed by atoms with Gasteiger partial charge < -0.3 is 5.11 Å². The van der Waals surface area contributed by atoms with Crippen LogP contribution in [0.3, 0.4) is 0 Å². The lowest BCUT2D eigenvalue weighted by Gasteiger charge is -2.27. The predicted molar refractivity (Wildman–Crippen MR) is 124 cm³/mol. The highest BCUT2D eigenvalue weighted by Crippen LogP contribution is 2.30. The van der Waals surface area contributed by atoms with Crippen LogP contribution in [-0.2, 0) is 16.6 Å². The fourth-order valence-corrected chi connectivity index (χ4v) is 4.97. The molecule has 0 saturated carbocycles. The molecule has 1 atom stereocenters. The van der Waals surface area contributed by atoms with Crippen molar-refractivity contribution < 1.29 is 18.4 Å². The Morgan fingerprint density at radius 2 is 1.75 bits per heavy atom. The van der Waals surface area contributed by atoms with Crippen LogP contribution in [-0.4, -0.2) is 40.9 Å². The van der Waals surface area contributed by atoms with Gasteiger partial charge in [0.15, 0.2) is 4.90 Å². The van der Waals surface area contributed by atoms with Crippen LogP contribution in [0.1, 0.15) is 17.0 Å². The van der Waals surface area contributed by atoms with Gasteiger partial charge in [-0.1, -0.05) is 29.8 Å². The number of hydrogen-bond donors (Lipinski definition) is 1. The van der Waals surface area contributed by atoms with E-state index in [1.165, 1.54) is 18.2 Å². The second-order valence-electron chi connectivity index (χ2n) is 7.36. The molecular formula is C21H25ClN4O5S. The molecule has 1 heterocycles. The maximum atomic E-state index is 13.5. The molecule has 0 radical (unpaired) electrons. The zero-order chi connectivity index (χ0) is 22.8. The number of hydrogen-bond acceptors (Lipinski definition) is 6. The minimum atomic E-state index is -4.33. The summed E-state index contributed by atoms with van der Waals surface area (Å²) in [6, 6.07) is 13.7. The lowest BCUT2D eigenvalue weighted by atomic mass is 10.2. The quantitative estimate of drug-likeness (QED) is 0.390. The van der Waals surface area contributed by atoms with Gasteiger partial charge in [-0.3, -0.25) is 19.1 Å². The first-order valence-corrected chi connectivity index (χ1v) is 11.1. The first kappa shape index (κ1) is 25.3. The van der Waals surface area contributed by atoms with Crippen molar-refractivity contribution in [2.45, 2.75) is 38.3 Å². The molecule has 0 bridgehead atoms. The van der Waals surface area contributed by atoms with Crippen molar-refractivity contribution in [2.24, 2.45) is 0 Å². The van der Waals surface area contributed by atoms with Gasteiger partial charge in [-0.05, 0) is 45.0 Å². The maximum Gasteiger partial charge on any atom is 0.289 e. The van der Waals surface area contributed by atoms with Crippen LogP contribution in [0.2, 0.25) is 0 Å². The number of aryl methyl sites for hydroxylation is 3. The zero-order valence-electron chi connectivity index (χ0n) is 17.9. The number of benzene rings is 2. The van der Waals surface area contributed by atoms with Gasteiger partial charge >= 0.3 is 0 Å². The van der Waals surface area contributed by atoms with Crippen molar-refractivity contribution >= 4 is 33.8 Å². The van der Waals surface area contributed by atoms with E-state index in [9.17, 15) is 23.6 Å². The van der Waals surface area contributed by atoms with E-state index in [1.807, 2.05) is 26.8 Å². The molecule has 0 aliphatic rings. The summed E-state index contributed by atoms with van der Waals surface area (Å²) in [5.41, 5.74) is 2.33. The first-order chi connectivity index (χ1) is 14.6. The lowest BCUT2D eigenvalue weighted by Crippen LogP contribution is -2.39. The minimum absolute atomic E-state index is 0. The summed E-state index contributed by atoms with van der Waals surface area (Å²) in [5, 5.41) is 26.4. The lowest BCUT2D eigenvalue weighted by molar-refractivity contribution is -0.387. The Bertz CT molecular complexity index is 1200. The van der Waals surface area contributed by atoms with E-state index in [-0.39, 0.29) is 25.5 Å². The molecule has 11 heteroatoms.